The van der Waals surface area contributed by atoms with Gasteiger partial charge in [0, 0.05) is 53.7 Å². The van der Waals surface area contributed by atoms with E-state index in [9.17, 15) is 0 Å². The largest absolute Gasteiger partial charge is 0.354 e. The number of benzene rings is 1. The van der Waals surface area contributed by atoms with Crippen molar-refractivity contribution in [2.24, 2.45) is 4.99 Å². The monoisotopic (exact) mass is 412 g/mol. The molecule has 0 atom stereocenters. The van der Waals surface area contributed by atoms with Crippen molar-refractivity contribution >= 4 is 17.1 Å². The van der Waals surface area contributed by atoms with Gasteiger partial charge in [-0.15, -0.1) is 0 Å². The van der Waals surface area contributed by atoms with Crippen LogP contribution >= 0.6 is 0 Å². The van der Waals surface area contributed by atoms with Gasteiger partial charge >= 0.3 is 0 Å². The second kappa shape index (κ2) is 8.43. The molecule has 2 aliphatic rings. The van der Waals surface area contributed by atoms with Crippen LogP contribution in [0.1, 0.15) is 61.8 Å². The molecule has 0 aliphatic carbocycles. The molecule has 4 nitrogen and oxygen atoms in total. The number of fused-ring (bicyclic) bond motifs is 1. The van der Waals surface area contributed by atoms with E-state index in [0.717, 1.165) is 18.7 Å². The average molecular weight is 413 g/mol. The third-order valence-corrected chi connectivity index (χ3v) is 6.83. The Kier molecular flexibility index (Phi) is 5.49. The Hall–Kier alpha value is -2.72. The normalized spacial score (nSPS) is 17.7. The summed E-state index contributed by atoms with van der Waals surface area (Å²) in [4.78, 5) is 14.9. The van der Waals surface area contributed by atoms with Crippen LogP contribution in [0.3, 0.4) is 0 Å². The van der Waals surface area contributed by atoms with Crippen LogP contribution in [0.5, 0.6) is 0 Å². The smallest absolute Gasteiger partial charge is 0.0501 e. The van der Waals surface area contributed by atoms with Crippen LogP contribution in [-0.4, -0.2) is 40.7 Å². The number of likely N-dealkylation sites (tertiary alicyclic amines) is 1. The Balaban J connectivity index is 1.40. The molecule has 1 saturated heterocycles. The molecule has 2 aliphatic heterocycles. The molecule has 1 fully saturated rings. The Labute approximate surface area is 185 Å². The predicted molar refractivity (Wildman–Crippen MR) is 130 cm³/mol. The van der Waals surface area contributed by atoms with Crippen molar-refractivity contribution in [1.82, 2.24) is 14.9 Å². The molecule has 0 spiro atoms. The quantitative estimate of drug-likeness (QED) is 0.542. The van der Waals surface area contributed by atoms with E-state index < -0.39 is 0 Å². The molecule has 0 unspecified atom stereocenters. The molecule has 0 bridgehead atoms. The van der Waals surface area contributed by atoms with Gasteiger partial charge in [-0.25, -0.2) is 0 Å². The number of aliphatic imine (C=N–C) groups is 1. The highest BCUT2D eigenvalue weighted by Crippen LogP contribution is 2.38. The van der Waals surface area contributed by atoms with Crippen molar-refractivity contribution in [3.8, 4) is 11.3 Å². The summed E-state index contributed by atoms with van der Waals surface area (Å²) in [5.74, 6) is 1.10. The fraction of sp³-hybridized carbons (Fsp3) is 0.407. The summed E-state index contributed by atoms with van der Waals surface area (Å²) in [6.45, 7) is 10.1. The topological polar surface area (TPSA) is 44.3 Å². The number of H-pyrrole nitrogens is 1. The molecule has 31 heavy (non-hydrogen) atoms. The van der Waals surface area contributed by atoms with Crippen molar-refractivity contribution in [3.63, 3.8) is 0 Å². The third kappa shape index (κ3) is 4.09. The van der Waals surface area contributed by atoms with Crippen molar-refractivity contribution in [3.05, 3.63) is 65.1 Å². The van der Waals surface area contributed by atoms with E-state index >= 15 is 0 Å². The summed E-state index contributed by atoms with van der Waals surface area (Å²) >= 11 is 0. The first kappa shape index (κ1) is 20.2. The highest BCUT2D eigenvalue weighted by atomic mass is 15.1. The van der Waals surface area contributed by atoms with Gasteiger partial charge in [-0.3, -0.25) is 14.9 Å². The first-order valence-electron chi connectivity index (χ1n) is 11.6. The van der Waals surface area contributed by atoms with Gasteiger partial charge in [0.25, 0.3) is 0 Å². The molecule has 160 valence electrons. The summed E-state index contributed by atoms with van der Waals surface area (Å²) in [6, 6.07) is 11.4. The van der Waals surface area contributed by atoms with Gasteiger partial charge in [0.15, 0.2) is 0 Å². The van der Waals surface area contributed by atoms with Gasteiger partial charge in [-0.2, -0.15) is 0 Å². The first-order valence-corrected chi connectivity index (χ1v) is 11.6. The lowest BCUT2D eigenvalue weighted by Gasteiger charge is -2.32. The summed E-state index contributed by atoms with van der Waals surface area (Å²) < 4.78 is 0. The molecule has 3 aromatic rings. The lowest BCUT2D eigenvalue weighted by Crippen LogP contribution is -2.34. The van der Waals surface area contributed by atoms with Gasteiger partial charge in [0.2, 0.25) is 0 Å². The van der Waals surface area contributed by atoms with Gasteiger partial charge in [-0.1, -0.05) is 19.9 Å². The molecule has 0 saturated carbocycles. The molecule has 5 rings (SSSR count). The highest BCUT2D eigenvalue weighted by molar-refractivity contribution is 5.92. The summed E-state index contributed by atoms with van der Waals surface area (Å²) in [5, 5.41) is 1.38. The lowest BCUT2D eigenvalue weighted by atomic mass is 9.87. The van der Waals surface area contributed by atoms with E-state index in [2.05, 4.69) is 71.0 Å². The Bertz CT molecular complexity index is 1140. The summed E-state index contributed by atoms with van der Waals surface area (Å²) in [7, 11) is 0. The van der Waals surface area contributed by atoms with Crippen molar-refractivity contribution in [2.45, 2.75) is 51.9 Å². The Morgan fingerprint density at radius 1 is 1.13 bits per heavy atom. The van der Waals surface area contributed by atoms with Gasteiger partial charge in [0.1, 0.15) is 0 Å². The second-order valence-corrected chi connectivity index (χ2v) is 9.43. The van der Waals surface area contributed by atoms with E-state index in [0.29, 0.717) is 11.8 Å². The number of nitrogens with zero attached hydrogens (tertiary/aromatic N) is 3. The Morgan fingerprint density at radius 3 is 2.68 bits per heavy atom. The van der Waals surface area contributed by atoms with Crippen LogP contribution in [-0.2, 0) is 0 Å². The molecular formula is C27H32N4. The van der Waals surface area contributed by atoms with E-state index in [1.807, 2.05) is 18.6 Å². The number of hydrogen-bond donors (Lipinski definition) is 1. The average Bonchev–Trinajstić information content (AvgIpc) is 3.41. The second-order valence-electron chi connectivity index (χ2n) is 9.43. The van der Waals surface area contributed by atoms with Crippen molar-refractivity contribution < 1.29 is 0 Å². The SMILES string of the molecule is Cc1cc(-c2[nH]c3ccc(C4CCN(CC5=CN=CC5)CC4)cc3c2C(C)C)ccn1. The van der Waals surface area contributed by atoms with Crippen LogP contribution in [0.25, 0.3) is 22.2 Å². The fourth-order valence-corrected chi connectivity index (χ4v) is 5.21. The molecule has 0 radical (unpaired) electrons. The molecule has 2 aromatic heterocycles. The van der Waals surface area contributed by atoms with Crippen LogP contribution < -0.4 is 0 Å². The van der Waals surface area contributed by atoms with Gasteiger partial charge in [-0.05, 0) is 85.7 Å². The zero-order valence-electron chi connectivity index (χ0n) is 18.9. The maximum atomic E-state index is 4.38. The number of pyridine rings is 1. The molecule has 1 aromatic carbocycles. The minimum Gasteiger partial charge on any atom is -0.354 e. The number of rotatable bonds is 5. The van der Waals surface area contributed by atoms with Crippen molar-refractivity contribution in [2.75, 3.05) is 19.6 Å². The molecule has 4 heterocycles. The Morgan fingerprint density at radius 2 is 1.97 bits per heavy atom. The van der Waals surface area contributed by atoms with E-state index in [1.54, 1.807) is 0 Å². The van der Waals surface area contributed by atoms with Crippen LogP contribution in [0, 0.1) is 6.92 Å². The van der Waals surface area contributed by atoms with Gasteiger partial charge in [0.05, 0.1) is 5.69 Å². The number of nitrogens with one attached hydrogen (secondary N) is 1. The molecule has 1 N–H and O–H groups in total. The minimum atomic E-state index is 0.455. The van der Waals surface area contributed by atoms with Crippen LogP contribution in [0.15, 0.2) is 53.3 Å². The number of aromatic nitrogens is 2. The standard InChI is InChI=1S/C27H32N4/c1-18(2)26-24-15-22(21-8-12-31(13-9-21)17-20-6-10-28-16-20)4-5-25(24)30-27(26)23-7-11-29-19(3)14-23/h4-5,7,10-11,14-16,18,21,30H,6,8-9,12-13,17H2,1-3H3. The summed E-state index contributed by atoms with van der Waals surface area (Å²) in [6.07, 6.45) is 9.47. The zero-order valence-corrected chi connectivity index (χ0v) is 18.9. The van der Waals surface area contributed by atoms with Crippen molar-refractivity contribution in [1.29, 1.82) is 0 Å². The van der Waals surface area contributed by atoms with E-state index in [-0.39, 0.29) is 0 Å². The van der Waals surface area contributed by atoms with Gasteiger partial charge < -0.3 is 4.98 Å². The lowest BCUT2D eigenvalue weighted by molar-refractivity contribution is 0.228. The maximum absolute atomic E-state index is 4.38. The number of hydrogen-bond acceptors (Lipinski definition) is 3. The van der Waals surface area contributed by atoms with Crippen LogP contribution in [0.2, 0.25) is 0 Å². The van der Waals surface area contributed by atoms with E-state index in [1.165, 1.54) is 64.8 Å². The highest BCUT2D eigenvalue weighted by Gasteiger charge is 2.23. The fourth-order valence-electron chi connectivity index (χ4n) is 5.21. The van der Waals surface area contributed by atoms with Crippen LogP contribution in [0.4, 0.5) is 0 Å². The van der Waals surface area contributed by atoms with E-state index in [4.69, 9.17) is 0 Å². The number of aryl methyl sites for hydroxylation is 1. The first-order chi connectivity index (χ1) is 15.1. The maximum Gasteiger partial charge on any atom is 0.0501 e. The molecule has 4 heteroatoms. The predicted octanol–water partition coefficient (Wildman–Crippen LogP) is 6.20. The number of piperidine rings is 1. The summed E-state index contributed by atoms with van der Waals surface area (Å²) in [5.41, 5.74) is 9.14. The number of aromatic amines is 1. The zero-order chi connectivity index (χ0) is 21.4. The molecular weight excluding hydrogens is 380 g/mol. The minimum absolute atomic E-state index is 0.455. The third-order valence-electron chi connectivity index (χ3n) is 6.83. The molecule has 0 amide bonds.